The second-order valence-corrected chi connectivity index (χ2v) is 5.00. The molecule has 0 bridgehead atoms. The number of H-pyrrole nitrogens is 1. The monoisotopic (exact) mass is 268 g/mol. The molecule has 3 heteroatoms. The van der Waals surface area contributed by atoms with Gasteiger partial charge in [-0.15, -0.1) is 0 Å². The van der Waals surface area contributed by atoms with E-state index < -0.39 is 0 Å². The fourth-order valence-corrected chi connectivity index (χ4v) is 2.71. The van der Waals surface area contributed by atoms with E-state index in [9.17, 15) is 4.39 Å². The molecule has 0 aliphatic carbocycles. The molecule has 0 fully saturated rings. The largest absolute Gasteiger partial charge is 0.361 e. The molecule has 0 atom stereocenters. The maximum absolute atomic E-state index is 13.3. The summed E-state index contributed by atoms with van der Waals surface area (Å²) in [7, 11) is 0. The number of rotatable bonds is 4. The van der Waals surface area contributed by atoms with Gasteiger partial charge in [0, 0.05) is 17.1 Å². The zero-order valence-corrected chi connectivity index (χ0v) is 11.2. The van der Waals surface area contributed by atoms with Gasteiger partial charge in [-0.05, 0) is 54.3 Å². The van der Waals surface area contributed by atoms with Gasteiger partial charge in [0.05, 0.1) is 0 Å². The van der Waals surface area contributed by atoms with Crippen molar-refractivity contribution in [1.29, 1.82) is 0 Å². The predicted molar refractivity (Wildman–Crippen MR) is 80.3 cm³/mol. The maximum atomic E-state index is 13.3. The molecule has 0 amide bonds. The van der Waals surface area contributed by atoms with Crippen LogP contribution in [-0.4, -0.2) is 11.5 Å². The van der Waals surface area contributed by atoms with Crippen LogP contribution in [0.15, 0.2) is 48.7 Å². The summed E-state index contributed by atoms with van der Waals surface area (Å²) < 4.78 is 13.3. The van der Waals surface area contributed by atoms with Crippen LogP contribution in [-0.2, 0) is 12.8 Å². The topological polar surface area (TPSA) is 41.8 Å². The number of fused-ring (bicyclic) bond motifs is 1. The third-order valence-corrected chi connectivity index (χ3v) is 3.57. The summed E-state index contributed by atoms with van der Waals surface area (Å²) in [4.78, 5) is 3.29. The number of hydrogen-bond donors (Lipinski definition) is 2. The van der Waals surface area contributed by atoms with Gasteiger partial charge in [-0.3, -0.25) is 0 Å². The molecule has 0 spiro atoms. The van der Waals surface area contributed by atoms with Gasteiger partial charge >= 0.3 is 0 Å². The second-order valence-electron chi connectivity index (χ2n) is 5.00. The lowest BCUT2D eigenvalue weighted by Crippen LogP contribution is -2.03. The molecule has 0 aliphatic heterocycles. The molecule has 3 N–H and O–H groups in total. The number of aromatic nitrogens is 1. The predicted octanol–water partition coefficient (Wildman–Crippen LogP) is 3.40. The van der Waals surface area contributed by atoms with Crippen molar-refractivity contribution >= 4 is 10.9 Å². The lowest BCUT2D eigenvalue weighted by Gasteiger charge is -2.05. The van der Waals surface area contributed by atoms with Crippen LogP contribution in [0.5, 0.6) is 0 Å². The molecule has 0 saturated carbocycles. The highest BCUT2D eigenvalue weighted by atomic mass is 19.1. The summed E-state index contributed by atoms with van der Waals surface area (Å²) in [6.45, 7) is 0.629. The van der Waals surface area contributed by atoms with Crippen molar-refractivity contribution in [1.82, 2.24) is 4.98 Å². The van der Waals surface area contributed by atoms with Gasteiger partial charge in [0.25, 0.3) is 0 Å². The zero-order chi connectivity index (χ0) is 13.9. The summed E-state index contributed by atoms with van der Waals surface area (Å²) in [6, 6.07) is 13.0. The van der Waals surface area contributed by atoms with Crippen molar-refractivity contribution < 1.29 is 4.39 Å². The van der Waals surface area contributed by atoms with E-state index in [2.05, 4.69) is 17.1 Å². The normalized spacial score (nSPS) is 11.1. The Hall–Kier alpha value is -2.13. The molecule has 2 aromatic carbocycles. The SMILES string of the molecule is NCCc1cccc2[nH]cc(Cc3cccc(F)c3)c12. The molecule has 102 valence electrons. The number of benzene rings is 2. The number of nitrogens with one attached hydrogen (secondary N) is 1. The van der Waals surface area contributed by atoms with Gasteiger partial charge in [0.2, 0.25) is 0 Å². The minimum atomic E-state index is -0.190. The van der Waals surface area contributed by atoms with Crippen LogP contribution < -0.4 is 5.73 Å². The Morgan fingerprint density at radius 2 is 1.90 bits per heavy atom. The van der Waals surface area contributed by atoms with Crippen molar-refractivity contribution in [3.05, 3.63) is 71.2 Å². The Labute approximate surface area is 117 Å². The summed E-state index contributed by atoms with van der Waals surface area (Å²) in [5.74, 6) is -0.190. The summed E-state index contributed by atoms with van der Waals surface area (Å²) in [6.07, 6.45) is 3.58. The first kappa shape index (κ1) is 12.9. The van der Waals surface area contributed by atoms with Crippen LogP contribution in [0, 0.1) is 5.82 Å². The third-order valence-electron chi connectivity index (χ3n) is 3.57. The van der Waals surface area contributed by atoms with E-state index in [1.807, 2.05) is 18.3 Å². The lowest BCUT2D eigenvalue weighted by atomic mass is 9.99. The first-order chi connectivity index (χ1) is 9.78. The fraction of sp³-hybridized carbons (Fsp3) is 0.176. The number of halogens is 1. The lowest BCUT2D eigenvalue weighted by molar-refractivity contribution is 0.626. The van der Waals surface area contributed by atoms with Crippen molar-refractivity contribution in [3.8, 4) is 0 Å². The minimum Gasteiger partial charge on any atom is -0.361 e. The van der Waals surface area contributed by atoms with Gasteiger partial charge in [0.1, 0.15) is 5.82 Å². The third kappa shape index (κ3) is 2.45. The average molecular weight is 268 g/mol. The van der Waals surface area contributed by atoms with Crippen LogP contribution in [0.4, 0.5) is 4.39 Å². The van der Waals surface area contributed by atoms with Gasteiger partial charge in [-0.1, -0.05) is 24.3 Å². The van der Waals surface area contributed by atoms with Crippen molar-refractivity contribution in [2.75, 3.05) is 6.54 Å². The second kappa shape index (κ2) is 5.47. The maximum Gasteiger partial charge on any atom is 0.123 e. The van der Waals surface area contributed by atoms with Gasteiger partial charge in [0.15, 0.2) is 0 Å². The molecule has 0 saturated heterocycles. The quantitative estimate of drug-likeness (QED) is 0.748. The number of aromatic amines is 1. The molecular formula is C17H17FN2. The van der Waals surface area contributed by atoms with E-state index in [0.29, 0.717) is 6.54 Å². The number of hydrogen-bond acceptors (Lipinski definition) is 1. The number of nitrogens with two attached hydrogens (primary N) is 1. The van der Waals surface area contributed by atoms with Gasteiger partial charge in [-0.2, -0.15) is 0 Å². The van der Waals surface area contributed by atoms with Crippen LogP contribution >= 0.6 is 0 Å². The molecule has 3 rings (SSSR count). The summed E-state index contributed by atoms with van der Waals surface area (Å²) in [5, 5.41) is 1.22. The minimum absolute atomic E-state index is 0.190. The van der Waals surface area contributed by atoms with Crippen molar-refractivity contribution in [2.45, 2.75) is 12.8 Å². The highest BCUT2D eigenvalue weighted by molar-refractivity contribution is 5.87. The smallest absolute Gasteiger partial charge is 0.123 e. The zero-order valence-electron chi connectivity index (χ0n) is 11.2. The van der Waals surface area contributed by atoms with Crippen molar-refractivity contribution in [3.63, 3.8) is 0 Å². The van der Waals surface area contributed by atoms with E-state index >= 15 is 0 Å². The van der Waals surface area contributed by atoms with E-state index in [1.54, 1.807) is 12.1 Å². The van der Waals surface area contributed by atoms with Crippen LogP contribution in [0.1, 0.15) is 16.7 Å². The highest BCUT2D eigenvalue weighted by Gasteiger charge is 2.09. The van der Waals surface area contributed by atoms with Crippen LogP contribution in [0.2, 0.25) is 0 Å². The Morgan fingerprint density at radius 3 is 2.70 bits per heavy atom. The summed E-state index contributed by atoms with van der Waals surface area (Å²) in [5.41, 5.74) is 10.2. The molecule has 3 aromatic rings. The van der Waals surface area contributed by atoms with Crippen LogP contribution in [0.25, 0.3) is 10.9 Å². The molecule has 1 aromatic heterocycles. The Bertz CT molecular complexity index is 731. The van der Waals surface area contributed by atoms with E-state index in [4.69, 9.17) is 5.73 Å². The fourth-order valence-electron chi connectivity index (χ4n) is 2.71. The summed E-state index contributed by atoms with van der Waals surface area (Å²) >= 11 is 0. The van der Waals surface area contributed by atoms with E-state index in [-0.39, 0.29) is 5.82 Å². The first-order valence-electron chi connectivity index (χ1n) is 6.80. The Kier molecular flexibility index (Phi) is 3.52. The van der Waals surface area contributed by atoms with Gasteiger partial charge in [-0.25, -0.2) is 4.39 Å². The Balaban J connectivity index is 2.03. The van der Waals surface area contributed by atoms with Gasteiger partial charge < -0.3 is 10.7 Å². The molecule has 0 unspecified atom stereocenters. The Morgan fingerprint density at radius 1 is 1.05 bits per heavy atom. The average Bonchev–Trinajstić information content (AvgIpc) is 2.84. The molecule has 20 heavy (non-hydrogen) atoms. The first-order valence-corrected chi connectivity index (χ1v) is 6.80. The molecule has 1 heterocycles. The molecule has 0 aliphatic rings. The van der Waals surface area contributed by atoms with Crippen LogP contribution in [0.3, 0.4) is 0 Å². The molecule has 2 nitrogen and oxygen atoms in total. The van der Waals surface area contributed by atoms with Crippen molar-refractivity contribution in [2.24, 2.45) is 5.73 Å². The van der Waals surface area contributed by atoms with E-state index in [1.165, 1.54) is 22.6 Å². The molecule has 0 radical (unpaired) electrons. The highest BCUT2D eigenvalue weighted by Crippen LogP contribution is 2.25. The standard InChI is InChI=1S/C17H17FN2/c18-15-5-1-3-12(10-15)9-14-11-20-16-6-2-4-13(7-8-19)17(14)16/h1-6,10-11,20H,7-9,19H2. The molecular weight excluding hydrogens is 251 g/mol. The van der Waals surface area contributed by atoms with E-state index in [0.717, 1.165) is 23.9 Å².